The number of hydrogen-bond acceptors (Lipinski definition) is 5. The smallest absolute Gasteiger partial charge is 0.270 e. The maximum Gasteiger partial charge on any atom is 0.270 e. The summed E-state index contributed by atoms with van der Waals surface area (Å²) in [5.41, 5.74) is 0.695. The quantitative estimate of drug-likeness (QED) is 0.509. The Kier molecular flexibility index (Phi) is 5.77. The Hall–Kier alpha value is -3.26. The topological polar surface area (TPSA) is 85.1 Å². The number of amides is 1. The number of nitrogens with zero attached hydrogens (tertiary/aromatic N) is 2. The van der Waals surface area contributed by atoms with Crippen LogP contribution in [0.2, 0.25) is 0 Å². The van der Waals surface area contributed by atoms with Gasteiger partial charge < -0.3 is 5.32 Å². The van der Waals surface area contributed by atoms with Gasteiger partial charge in [-0.1, -0.05) is 30.0 Å². The number of non-ortho nitro benzene ring substituents is 1. The molecule has 8 heteroatoms. The fourth-order valence-electron chi connectivity index (χ4n) is 2.32. The largest absolute Gasteiger partial charge is 0.348 e. The lowest BCUT2D eigenvalue weighted by Crippen LogP contribution is -2.23. The maximum atomic E-state index is 13.9. The Bertz CT molecular complexity index is 983. The van der Waals surface area contributed by atoms with Crippen molar-refractivity contribution >= 4 is 23.4 Å². The number of carbonyl (C=O) groups excluding carboxylic acids is 1. The normalized spacial score (nSPS) is 10.4. The number of benzene rings is 2. The van der Waals surface area contributed by atoms with Crippen LogP contribution >= 0.6 is 11.8 Å². The van der Waals surface area contributed by atoms with Crippen LogP contribution in [0.3, 0.4) is 0 Å². The van der Waals surface area contributed by atoms with Crippen molar-refractivity contribution in [1.29, 1.82) is 0 Å². The second-order valence-electron chi connectivity index (χ2n) is 5.51. The molecule has 136 valence electrons. The minimum absolute atomic E-state index is 0.112. The highest BCUT2D eigenvalue weighted by Gasteiger charge is 2.18. The van der Waals surface area contributed by atoms with Crippen LogP contribution in [0, 0.1) is 15.9 Å². The lowest BCUT2D eigenvalue weighted by Gasteiger charge is -2.10. The van der Waals surface area contributed by atoms with Gasteiger partial charge in [0.2, 0.25) is 0 Å². The summed E-state index contributed by atoms with van der Waals surface area (Å²) in [7, 11) is 0. The van der Waals surface area contributed by atoms with Crippen LogP contribution in [0.15, 0.2) is 76.8 Å². The second kappa shape index (κ2) is 8.41. The first-order valence-corrected chi connectivity index (χ1v) is 8.74. The zero-order valence-electron chi connectivity index (χ0n) is 14.0. The molecule has 1 amide bonds. The molecule has 3 aromatic rings. The molecule has 0 aliphatic heterocycles. The number of hydrogen-bond donors (Lipinski definition) is 1. The summed E-state index contributed by atoms with van der Waals surface area (Å²) < 4.78 is 13.9. The van der Waals surface area contributed by atoms with Gasteiger partial charge in [-0.25, -0.2) is 4.39 Å². The van der Waals surface area contributed by atoms with Crippen molar-refractivity contribution in [2.45, 2.75) is 16.3 Å². The number of nitro benzene ring substituents is 1. The molecule has 1 aromatic heterocycles. The number of halogens is 1. The van der Waals surface area contributed by atoms with Gasteiger partial charge in [-0.3, -0.25) is 19.9 Å². The molecule has 2 aromatic carbocycles. The Morgan fingerprint density at radius 1 is 1.15 bits per heavy atom. The third kappa shape index (κ3) is 4.68. The summed E-state index contributed by atoms with van der Waals surface area (Å²) in [5, 5.41) is 13.8. The first kappa shape index (κ1) is 18.5. The molecule has 0 aliphatic carbocycles. The standard InChI is InChI=1S/C19H14FN3O3S/c20-16-5-1-2-6-18(16)27-17-8-7-14(23(25)26)10-15(17)19(24)22-12-13-4-3-9-21-11-13/h1-11H,12H2,(H,22,24). The second-order valence-corrected chi connectivity index (χ2v) is 6.60. The first-order chi connectivity index (χ1) is 13.0. The molecule has 0 fully saturated rings. The zero-order chi connectivity index (χ0) is 19.2. The summed E-state index contributed by atoms with van der Waals surface area (Å²) in [5.74, 6) is -0.913. The lowest BCUT2D eigenvalue weighted by atomic mass is 10.2. The number of nitro groups is 1. The molecular weight excluding hydrogens is 369 g/mol. The van der Waals surface area contributed by atoms with Crippen LogP contribution in [0.4, 0.5) is 10.1 Å². The average molecular weight is 383 g/mol. The Morgan fingerprint density at radius 2 is 1.96 bits per heavy atom. The van der Waals surface area contributed by atoms with Gasteiger partial charge in [0.1, 0.15) is 5.82 Å². The summed E-state index contributed by atoms with van der Waals surface area (Å²) >= 11 is 1.04. The van der Waals surface area contributed by atoms with Crippen molar-refractivity contribution in [2.24, 2.45) is 0 Å². The monoisotopic (exact) mass is 383 g/mol. The van der Waals surface area contributed by atoms with Gasteiger partial charge >= 0.3 is 0 Å². The Balaban J connectivity index is 1.88. The molecule has 0 aliphatic rings. The third-order valence-corrected chi connectivity index (χ3v) is 4.78. The SMILES string of the molecule is O=C(NCc1cccnc1)c1cc([N+](=O)[O-])ccc1Sc1ccccc1F. The molecule has 0 radical (unpaired) electrons. The molecule has 3 rings (SSSR count). The Morgan fingerprint density at radius 3 is 2.67 bits per heavy atom. The van der Waals surface area contributed by atoms with Gasteiger partial charge in [-0.05, 0) is 29.8 Å². The van der Waals surface area contributed by atoms with Crippen LogP contribution in [-0.2, 0) is 6.54 Å². The van der Waals surface area contributed by atoms with Crippen molar-refractivity contribution in [3.8, 4) is 0 Å². The highest BCUT2D eigenvalue weighted by Crippen LogP contribution is 2.34. The molecule has 6 nitrogen and oxygen atoms in total. The van der Waals surface area contributed by atoms with Crippen LogP contribution in [0.5, 0.6) is 0 Å². The highest BCUT2D eigenvalue weighted by atomic mass is 32.2. The van der Waals surface area contributed by atoms with E-state index >= 15 is 0 Å². The van der Waals surface area contributed by atoms with E-state index in [1.807, 2.05) is 0 Å². The van der Waals surface area contributed by atoms with E-state index in [1.165, 1.54) is 24.3 Å². The van der Waals surface area contributed by atoms with Gasteiger partial charge in [-0.2, -0.15) is 0 Å². The minimum atomic E-state index is -0.574. The molecule has 0 unspecified atom stereocenters. The maximum absolute atomic E-state index is 13.9. The van der Waals surface area contributed by atoms with Gasteiger partial charge in [0.15, 0.2) is 0 Å². The number of pyridine rings is 1. The van der Waals surface area contributed by atoms with Crippen molar-refractivity contribution < 1.29 is 14.1 Å². The van der Waals surface area contributed by atoms with E-state index < -0.39 is 16.6 Å². The zero-order valence-corrected chi connectivity index (χ0v) is 14.8. The van der Waals surface area contributed by atoms with Gasteiger partial charge in [-0.15, -0.1) is 0 Å². The summed E-state index contributed by atoms with van der Waals surface area (Å²) in [6.45, 7) is 0.221. The van der Waals surface area contributed by atoms with E-state index in [4.69, 9.17) is 0 Å². The molecular formula is C19H14FN3O3S. The lowest BCUT2D eigenvalue weighted by molar-refractivity contribution is -0.384. The fourth-order valence-corrected chi connectivity index (χ4v) is 3.27. The molecule has 0 bridgehead atoms. The van der Waals surface area contributed by atoms with Gasteiger partial charge in [0, 0.05) is 40.9 Å². The van der Waals surface area contributed by atoms with E-state index in [0.29, 0.717) is 9.79 Å². The molecule has 1 N–H and O–H groups in total. The van der Waals surface area contributed by atoms with E-state index in [1.54, 1.807) is 42.7 Å². The van der Waals surface area contributed by atoms with Crippen LogP contribution < -0.4 is 5.32 Å². The summed E-state index contributed by atoms with van der Waals surface area (Å²) in [6.07, 6.45) is 3.23. The van der Waals surface area contributed by atoms with E-state index in [-0.39, 0.29) is 17.8 Å². The molecule has 0 saturated heterocycles. The predicted molar refractivity (Wildman–Crippen MR) is 99.0 cm³/mol. The van der Waals surface area contributed by atoms with Crippen LogP contribution in [0.1, 0.15) is 15.9 Å². The van der Waals surface area contributed by atoms with Crippen LogP contribution in [-0.4, -0.2) is 15.8 Å². The van der Waals surface area contributed by atoms with Crippen molar-refractivity contribution in [1.82, 2.24) is 10.3 Å². The van der Waals surface area contributed by atoms with Gasteiger partial charge in [0.25, 0.3) is 11.6 Å². The first-order valence-electron chi connectivity index (χ1n) is 7.92. The van der Waals surface area contributed by atoms with Crippen molar-refractivity contribution in [3.05, 3.63) is 94.0 Å². The number of carbonyl (C=O) groups is 1. The van der Waals surface area contributed by atoms with Crippen LogP contribution in [0.25, 0.3) is 0 Å². The van der Waals surface area contributed by atoms with Crippen molar-refractivity contribution in [3.63, 3.8) is 0 Å². The third-order valence-electron chi connectivity index (χ3n) is 3.65. The Labute approximate surface area is 158 Å². The summed E-state index contributed by atoms with van der Waals surface area (Å²) in [4.78, 5) is 27.9. The van der Waals surface area contributed by atoms with E-state index in [2.05, 4.69) is 10.3 Å². The highest BCUT2D eigenvalue weighted by molar-refractivity contribution is 7.99. The van der Waals surface area contributed by atoms with Crippen molar-refractivity contribution in [2.75, 3.05) is 0 Å². The molecule has 0 atom stereocenters. The molecule has 1 heterocycles. The number of nitrogens with one attached hydrogen (secondary N) is 1. The predicted octanol–water partition coefficient (Wildman–Crippen LogP) is 4.21. The molecule has 0 saturated carbocycles. The molecule has 0 spiro atoms. The number of rotatable bonds is 6. The average Bonchev–Trinajstić information content (AvgIpc) is 2.69. The van der Waals surface area contributed by atoms with E-state index in [9.17, 15) is 19.3 Å². The fraction of sp³-hybridized carbons (Fsp3) is 0.0526. The van der Waals surface area contributed by atoms with E-state index in [0.717, 1.165) is 17.3 Å². The van der Waals surface area contributed by atoms with Gasteiger partial charge in [0.05, 0.1) is 10.5 Å². The minimum Gasteiger partial charge on any atom is -0.348 e. The number of aromatic nitrogens is 1. The summed E-state index contributed by atoms with van der Waals surface area (Å²) in [6, 6.07) is 13.6. The molecule has 27 heavy (non-hydrogen) atoms.